The van der Waals surface area contributed by atoms with Crippen molar-refractivity contribution < 1.29 is 8.42 Å². The van der Waals surface area contributed by atoms with Gasteiger partial charge in [0, 0.05) is 0 Å². The van der Waals surface area contributed by atoms with Crippen LogP contribution in [0.4, 0.5) is 0 Å². The first kappa shape index (κ1) is 11.0. The summed E-state index contributed by atoms with van der Waals surface area (Å²) in [6, 6.07) is 8.78. The van der Waals surface area contributed by atoms with E-state index in [9.17, 15) is 8.42 Å². The van der Waals surface area contributed by atoms with Gasteiger partial charge in [-0.05, 0) is 43.2 Å². The van der Waals surface area contributed by atoms with Crippen LogP contribution in [0.25, 0.3) is 0 Å². The maximum absolute atomic E-state index is 12.6. The lowest BCUT2D eigenvalue weighted by Crippen LogP contribution is -2.29. The van der Waals surface area contributed by atoms with E-state index in [1.54, 1.807) is 24.3 Å². The summed E-state index contributed by atoms with van der Waals surface area (Å²) in [7, 11) is -3.22. The first-order chi connectivity index (χ1) is 8.10. The minimum atomic E-state index is -3.22. The second-order valence-electron chi connectivity index (χ2n) is 5.12. The van der Waals surface area contributed by atoms with E-state index in [0.717, 1.165) is 24.8 Å². The molecule has 0 spiro atoms. The summed E-state index contributed by atoms with van der Waals surface area (Å²) in [5.41, 5.74) is 0.949. The monoisotopic (exact) mass is 248 g/mol. The van der Waals surface area contributed by atoms with Gasteiger partial charge in [0.15, 0.2) is 9.84 Å². The van der Waals surface area contributed by atoms with Crippen molar-refractivity contribution in [2.75, 3.05) is 0 Å². The number of fused-ring (bicyclic) bond motifs is 2. The van der Waals surface area contributed by atoms with E-state index in [4.69, 9.17) is 0 Å². The minimum absolute atomic E-state index is 0.303. The van der Waals surface area contributed by atoms with Gasteiger partial charge in [0.2, 0.25) is 0 Å². The van der Waals surface area contributed by atoms with Gasteiger partial charge >= 0.3 is 0 Å². The third kappa shape index (κ3) is 1.56. The molecular formula is C14H16O2S. The van der Waals surface area contributed by atoms with Crippen molar-refractivity contribution in [3.05, 3.63) is 42.5 Å². The molecule has 2 aliphatic carbocycles. The maximum atomic E-state index is 12.6. The van der Waals surface area contributed by atoms with Crippen molar-refractivity contribution in [1.29, 1.82) is 0 Å². The molecule has 0 aromatic heterocycles. The molecule has 2 nitrogen and oxygen atoms in total. The average molecular weight is 248 g/mol. The van der Waals surface area contributed by atoms with Crippen LogP contribution in [0, 0.1) is 11.8 Å². The van der Waals surface area contributed by atoms with Crippen LogP contribution in [-0.2, 0) is 9.84 Å². The van der Waals surface area contributed by atoms with Crippen LogP contribution in [0.2, 0.25) is 0 Å². The molecule has 0 heterocycles. The summed E-state index contributed by atoms with van der Waals surface area (Å²) >= 11 is 0. The molecule has 0 radical (unpaired) electrons. The molecule has 17 heavy (non-hydrogen) atoms. The van der Waals surface area contributed by atoms with Gasteiger partial charge in [-0.3, -0.25) is 0 Å². The van der Waals surface area contributed by atoms with E-state index in [-0.39, 0.29) is 5.25 Å². The molecule has 2 aliphatic rings. The molecule has 3 heteroatoms. The van der Waals surface area contributed by atoms with Crippen LogP contribution >= 0.6 is 0 Å². The van der Waals surface area contributed by atoms with Gasteiger partial charge in [-0.2, -0.15) is 0 Å². The predicted molar refractivity (Wildman–Crippen MR) is 67.4 cm³/mol. The van der Waals surface area contributed by atoms with Crippen LogP contribution in [0.5, 0.6) is 0 Å². The largest absolute Gasteiger partial charge is 0.223 e. The van der Waals surface area contributed by atoms with Crippen molar-refractivity contribution in [3.63, 3.8) is 0 Å². The zero-order valence-corrected chi connectivity index (χ0v) is 10.5. The Balaban J connectivity index is 2.03. The molecule has 0 aliphatic heterocycles. The molecule has 2 bridgehead atoms. The summed E-state index contributed by atoms with van der Waals surface area (Å²) < 4.78 is 25.1. The first-order valence-corrected chi connectivity index (χ1v) is 7.63. The molecule has 90 valence electrons. The van der Waals surface area contributed by atoms with Crippen molar-refractivity contribution in [1.82, 2.24) is 0 Å². The lowest BCUT2D eigenvalue weighted by Gasteiger charge is -2.24. The average Bonchev–Trinajstić information content (AvgIpc) is 2.90. The van der Waals surface area contributed by atoms with E-state index >= 15 is 0 Å². The van der Waals surface area contributed by atoms with Crippen molar-refractivity contribution >= 4 is 9.84 Å². The highest BCUT2D eigenvalue weighted by Gasteiger charge is 2.49. The fourth-order valence-corrected chi connectivity index (χ4v) is 5.55. The highest BCUT2D eigenvalue weighted by Crippen LogP contribution is 2.51. The highest BCUT2D eigenvalue weighted by molar-refractivity contribution is 7.92. The van der Waals surface area contributed by atoms with Crippen LogP contribution in [0.1, 0.15) is 19.3 Å². The van der Waals surface area contributed by atoms with Gasteiger partial charge < -0.3 is 0 Å². The van der Waals surface area contributed by atoms with Gasteiger partial charge in [0.25, 0.3) is 0 Å². The number of benzene rings is 1. The second-order valence-corrected chi connectivity index (χ2v) is 7.19. The van der Waals surface area contributed by atoms with E-state index in [1.807, 2.05) is 6.07 Å². The molecular weight excluding hydrogens is 232 g/mol. The second kappa shape index (κ2) is 3.70. The van der Waals surface area contributed by atoms with Crippen LogP contribution < -0.4 is 0 Å². The molecule has 1 unspecified atom stereocenters. The summed E-state index contributed by atoms with van der Waals surface area (Å²) in [5.74, 6) is 0.751. The number of hydrogen-bond donors (Lipinski definition) is 0. The Kier molecular flexibility index (Phi) is 2.40. The molecule has 0 saturated heterocycles. The maximum Gasteiger partial charge on any atom is 0.185 e. The van der Waals surface area contributed by atoms with Gasteiger partial charge in [-0.25, -0.2) is 8.42 Å². The quantitative estimate of drug-likeness (QED) is 0.754. The van der Waals surface area contributed by atoms with Crippen LogP contribution in [-0.4, -0.2) is 13.7 Å². The zero-order chi connectivity index (χ0) is 12.0. The molecule has 0 N–H and O–H groups in total. The van der Waals surface area contributed by atoms with E-state index in [0.29, 0.717) is 16.7 Å². The fraction of sp³-hybridized carbons (Fsp3) is 0.429. The molecule has 3 rings (SSSR count). The summed E-state index contributed by atoms with van der Waals surface area (Å²) in [5, 5.41) is -0.330. The van der Waals surface area contributed by atoms with Crippen LogP contribution in [0.3, 0.4) is 0 Å². The minimum Gasteiger partial charge on any atom is -0.223 e. The lowest BCUT2D eigenvalue weighted by molar-refractivity contribution is 0.523. The standard InChI is InChI=1S/C14H16O2S/c1-10-11-7-8-12(9-11)14(10)17(15,16)13-5-3-2-4-6-13/h2-6,11-12,14H,1,7-9H2/t11-,12+,14?/m0/s1. The first-order valence-electron chi connectivity index (χ1n) is 6.08. The Hall–Kier alpha value is -1.09. The Labute approximate surface area is 102 Å². The number of rotatable bonds is 2. The summed E-state index contributed by atoms with van der Waals surface area (Å²) in [4.78, 5) is 0.443. The Bertz CT molecular complexity index is 545. The smallest absolute Gasteiger partial charge is 0.185 e. The van der Waals surface area contributed by atoms with E-state index < -0.39 is 9.84 Å². The van der Waals surface area contributed by atoms with Crippen molar-refractivity contribution in [3.8, 4) is 0 Å². The van der Waals surface area contributed by atoms with Gasteiger partial charge in [-0.15, -0.1) is 0 Å². The third-order valence-electron chi connectivity index (χ3n) is 4.20. The number of sulfone groups is 1. The van der Waals surface area contributed by atoms with Gasteiger partial charge in [0.1, 0.15) is 0 Å². The Morgan fingerprint density at radius 1 is 1.12 bits per heavy atom. The van der Waals surface area contributed by atoms with Gasteiger partial charge in [0.05, 0.1) is 10.1 Å². The van der Waals surface area contributed by atoms with E-state index in [2.05, 4.69) is 6.58 Å². The summed E-state index contributed by atoms with van der Waals surface area (Å²) in [6.45, 7) is 4.03. The highest BCUT2D eigenvalue weighted by atomic mass is 32.2. The molecule has 3 atom stereocenters. The SMILES string of the molecule is C=C1C(S(=O)(=O)c2ccccc2)[C@@H]2CC[C@H]1C2. The topological polar surface area (TPSA) is 34.1 Å². The lowest BCUT2D eigenvalue weighted by atomic mass is 9.96. The molecule has 1 aromatic rings. The normalized spacial score (nSPS) is 32.0. The molecule has 2 fully saturated rings. The third-order valence-corrected chi connectivity index (χ3v) is 6.48. The molecule has 1 aromatic carbocycles. The molecule has 0 amide bonds. The zero-order valence-electron chi connectivity index (χ0n) is 9.67. The number of hydrogen-bond acceptors (Lipinski definition) is 2. The molecule has 2 saturated carbocycles. The Morgan fingerprint density at radius 2 is 1.82 bits per heavy atom. The summed E-state index contributed by atoms with van der Waals surface area (Å²) in [6.07, 6.45) is 3.19. The van der Waals surface area contributed by atoms with Crippen molar-refractivity contribution in [2.24, 2.45) is 11.8 Å². The predicted octanol–water partition coefficient (Wildman–Crippen LogP) is 2.82. The van der Waals surface area contributed by atoms with E-state index in [1.165, 1.54) is 0 Å². The van der Waals surface area contributed by atoms with Gasteiger partial charge in [-0.1, -0.05) is 30.4 Å². The van der Waals surface area contributed by atoms with Crippen molar-refractivity contribution in [2.45, 2.75) is 29.4 Å². The fourth-order valence-electron chi connectivity index (χ4n) is 3.37. The van der Waals surface area contributed by atoms with Crippen LogP contribution in [0.15, 0.2) is 47.4 Å². The Morgan fingerprint density at radius 3 is 2.41 bits per heavy atom.